The Kier molecular flexibility index (Phi) is 9.43. The molecular formula is C63H40N4O. The molecule has 0 amide bonds. The van der Waals surface area contributed by atoms with Gasteiger partial charge in [0.1, 0.15) is 11.2 Å². The van der Waals surface area contributed by atoms with Crippen LogP contribution in [0.1, 0.15) is 0 Å². The van der Waals surface area contributed by atoms with Crippen LogP contribution in [0.15, 0.2) is 247 Å². The number of hydrogen-bond acceptors (Lipinski definition) is 4. The minimum Gasteiger partial charge on any atom is -0.455 e. The summed E-state index contributed by atoms with van der Waals surface area (Å²) >= 11 is 0. The number of benzene rings is 10. The molecule has 5 heteroatoms. The molecule has 0 spiro atoms. The van der Waals surface area contributed by atoms with Crippen molar-refractivity contribution >= 4 is 43.7 Å². The number of rotatable bonds is 8. The van der Waals surface area contributed by atoms with E-state index in [1.807, 2.05) is 36.4 Å². The van der Waals surface area contributed by atoms with Crippen LogP contribution in [-0.2, 0) is 0 Å². The number of para-hydroxylation sites is 2. The van der Waals surface area contributed by atoms with Crippen molar-refractivity contribution in [3.05, 3.63) is 243 Å². The first-order chi connectivity index (χ1) is 33.7. The molecule has 3 heterocycles. The fraction of sp³-hybridized carbons (Fsp3) is 0. The minimum atomic E-state index is 0.584. The van der Waals surface area contributed by atoms with Gasteiger partial charge in [0, 0.05) is 38.5 Å². The summed E-state index contributed by atoms with van der Waals surface area (Å²) in [4.78, 5) is 15.8. The highest BCUT2D eigenvalue weighted by atomic mass is 16.3. The van der Waals surface area contributed by atoms with Gasteiger partial charge in [0.2, 0.25) is 0 Å². The predicted molar refractivity (Wildman–Crippen MR) is 279 cm³/mol. The van der Waals surface area contributed by atoms with Gasteiger partial charge < -0.3 is 8.98 Å². The van der Waals surface area contributed by atoms with Crippen LogP contribution < -0.4 is 0 Å². The number of hydrogen-bond donors (Lipinski definition) is 0. The lowest BCUT2D eigenvalue weighted by Crippen LogP contribution is -2.01. The average Bonchev–Trinajstić information content (AvgIpc) is 3.97. The molecule has 13 rings (SSSR count). The second kappa shape index (κ2) is 16.4. The first-order valence-electron chi connectivity index (χ1n) is 22.9. The SMILES string of the molecule is c1ccc(-c2nc(-c3ccccc3)nc(-c3cc(-c4c(-c5ccccc5)cccc4-c4ccccc4)ccc3-c3ccc4oc5c(ccc6c5c5ccccc5n6-c5ccccc5)c4c3)n2)cc1. The molecule has 5 nitrogen and oxygen atoms in total. The van der Waals surface area contributed by atoms with Gasteiger partial charge in [0.05, 0.1) is 16.4 Å². The molecule has 0 radical (unpaired) electrons. The van der Waals surface area contributed by atoms with Crippen molar-refractivity contribution in [3.8, 4) is 84.4 Å². The molecule has 0 atom stereocenters. The van der Waals surface area contributed by atoms with E-state index in [-0.39, 0.29) is 0 Å². The summed E-state index contributed by atoms with van der Waals surface area (Å²) in [5.41, 5.74) is 16.5. The van der Waals surface area contributed by atoms with E-state index < -0.39 is 0 Å². The van der Waals surface area contributed by atoms with E-state index in [4.69, 9.17) is 19.4 Å². The first-order valence-corrected chi connectivity index (χ1v) is 22.9. The quantitative estimate of drug-likeness (QED) is 0.153. The van der Waals surface area contributed by atoms with Crippen molar-refractivity contribution in [2.45, 2.75) is 0 Å². The number of nitrogens with zero attached hydrogens (tertiary/aromatic N) is 4. The Hall–Kier alpha value is -9.19. The molecule has 0 bridgehead atoms. The monoisotopic (exact) mass is 868 g/mol. The molecule has 0 aliphatic carbocycles. The summed E-state index contributed by atoms with van der Waals surface area (Å²) in [6.07, 6.45) is 0. The molecule has 0 saturated heterocycles. The van der Waals surface area contributed by atoms with E-state index in [1.165, 1.54) is 0 Å². The van der Waals surface area contributed by atoms with E-state index in [9.17, 15) is 0 Å². The van der Waals surface area contributed by atoms with Gasteiger partial charge in [-0.15, -0.1) is 0 Å². The Morgan fingerprint density at radius 1 is 0.309 bits per heavy atom. The molecule has 3 aromatic heterocycles. The number of fused-ring (bicyclic) bond motifs is 7. The van der Waals surface area contributed by atoms with Crippen molar-refractivity contribution in [3.63, 3.8) is 0 Å². The zero-order valence-corrected chi connectivity index (χ0v) is 36.8. The van der Waals surface area contributed by atoms with Gasteiger partial charge in [-0.1, -0.05) is 194 Å². The van der Waals surface area contributed by atoms with Crippen molar-refractivity contribution in [1.29, 1.82) is 0 Å². The van der Waals surface area contributed by atoms with Crippen LogP contribution in [0.25, 0.3) is 128 Å². The highest BCUT2D eigenvalue weighted by Crippen LogP contribution is 2.45. The van der Waals surface area contributed by atoms with Crippen LogP contribution in [0.2, 0.25) is 0 Å². The normalized spacial score (nSPS) is 11.5. The Labute approximate surface area is 392 Å². The Balaban J connectivity index is 1.07. The predicted octanol–water partition coefficient (Wildman–Crippen LogP) is 16.5. The summed E-state index contributed by atoms with van der Waals surface area (Å²) in [5, 5.41) is 4.35. The molecule has 0 aliphatic heterocycles. The van der Waals surface area contributed by atoms with Crippen LogP contribution in [0.4, 0.5) is 0 Å². The Morgan fingerprint density at radius 2 is 0.853 bits per heavy atom. The highest BCUT2D eigenvalue weighted by molar-refractivity contribution is 6.24. The molecule has 0 saturated carbocycles. The van der Waals surface area contributed by atoms with Crippen LogP contribution in [0.3, 0.4) is 0 Å². The lowest BCUT2D eigenvalue weighted by molar-refractivity contribution is 0.673. The van der Waals surface area contributed by atoms with E-state index in [0.717, 1.165) is 111 Å². The summed E-state index contributed by atoms with van der Waals surface area (Å²) < 4.78 is 9.23. The van der Waals surface area contributed by atoms with Gasteiger partial charge in [-0.3, -0.25) is 0 Å². The summed E-state index contributed by atoms with van der Waals surface area (Å²) in [6, 6.07) is 85.2. The van der Waals surface area contributed by atoms with Crippen LogP contribution >= 0.6 is 0 Å². The second-order valence-corrected chi connectivity index (χ2v) is 17.1. The number of furan rings is 1. The zero-order chi connectivity index (χ0) is 45.0. The lowest BCUT2D eigenvalue weighted by Gasteiger charge is -2.19. The largest absolute Gasteiger partial charge is 0.455 e. The van der Waals surface area contributed by atoms with Crippen molar-refractivity contribution in [1.82, 2.24) is 19.5 Å². The van der Waals surface area contributed by atoms with E-state index in [1.54, 1.807) is 0 Å². The smallest absolute Gasteiger partial charge is 0.164 e. The topological polar surface area (TPSA) is 56.7 Å². The molecular weight excluding hydrogens is 829 g/mol. The van der Waals surface area contributed by atoms with Gasteiger partial charge >= 0.3 is 0 Å². The minimum absolute atomic E-state index is 0.584. The maximum Gasteiger partial charge on any atom is 0.164 e. The van der Waals surface area contributed by atoms with E-state index in [0.29, 0.717) is 17.5 Å². The molecule has 318 valence electrons. The highest BCUT2D eigenvalue weighted by Gasteiger charge is 2.23. The van der Waals surface area contributed by atoms with Crippen molar-refractivity contribution < 1.29 is 4.42 Å². The zero-order valence-electron chi connectivity index (χ0n) is 36.8. The van der Waals surface area contributed by atoms with E-state index >= 15 is 0 Å². The van der Waals surface area contributed by atoms with Crippen molar-refractivity contribution in [2.75, 3.05) is 0 Å². The molecule has 68 heavy (non-hydrogen) atoms. The van der Waals surface area contributed by atoms with Gasteiger partial charge in [0.25, 0.3) is 0 Å². The third kappa shape index (κ3) is 6.68. The van der Waals surface area contributed by atoms with Gasteiger partial charge in [0.15, 0.2) is 17.5 Å². The summed E-state index contributed by atoms with van der Waals surface area (Å²) in [5.74, 6) is 1.80. The Bertz CT molecular complexity index is 3880. The maximum absolute atomic E-state index is 6.90. The maximum atomic E-state index is 6.90. The Morgan fingerprint density at radius 3 is 1.49 bits per heavy atom. The van der Waals surface area contributed by atoms with Gasteiger partial charge in [-0.2, -0.15) is 0 Å². The van der Waals surface area contributed by atoms with Crippen LogP contribution in [0.5, 0.6) is 0 Å². The standard InChI is InChI=1S/C63H40N4O/c1-6-19-41(20-7-1)49-30-18-31-50(42-21-8-2-9-22-42)58(49)46-33-35-48(54(40-46)63-65-61(43-23-10-3-11-24-43)64-62(66-63)44-25-12-4-13-26-44)45-34-38-57-53(39-45)51-36-37-56-59(60(51)68-57)52-29-16-17-32-55(52)67(56)47-27-14-5-15-28-47/h1-40H. The molecule has 0 unspecified atom stereocenters. The van der Waals surface area contributed by atoms with Crippen LogP contribution in [0, 0.1) is 0 Å². The van der Waals surface area contributed by atoms with Crippen LogP contribution in [-0.4, -0.2) is 19.5 Å². The fourth-order valence-electron chi connectivity index (χ4n) is 9.95. The number of aromatic nitrogens is 4. The molecule has 0 N–H and O–H groups in total. The lowest BCUT2D eigenvalue weighted by atomic mass is 9.85. The molecule has 0 fully saturated rings. The average molecular weight is 869 g/mol. The van der Waals surface area contributed by atoms with E-state index in [2.05, 4.69) is 211 Å². The third-order valence-electron chi connectivity index (χ3n) is 13.1. The first kappa shape index (κ1) is 39.2. The summed E-state index contributed by atoms with van der Waals surface area (Å²) in [6.45, 7) is 0. The summed E-state index contributed by atoms with van der Waals surface area (Å²) in [7, 11) is 0. The fourth-order valence-corrected chi connectivity index (χ4v) is 9.95. The second-order valence-electron chi connectivity index (χ2n) is 17.1. The van der Waals surface area contributed by atoms with Gasteiger partial charge in [-0.25, -0.2) is 15.0 Å². The van der Waals surface area contributed by atoms with Crippen molar-refractivity contribution in [2.24, 2.45) is 0 Å². The molecule has 10 aromatic carbocycles. The molecule has 13 aromatic rings. The van der Waals surface area contributed by atoms with Gasteiger partial charge in [-0.05, 0) is 93.0 Å². The third-order valence-corrected chi connectivity index (χ3v) is 13.1. The molecule has 0 aliphatic rings.